The summed E-state index contributed by atoms with van der Waals surface area (Å²) < 4.78 is 13.2. The maximum atomic E-state index is 13.2. The van der Waals surface area contributed by atoms with Crippen molar-refractivity contribution in [1.82, 2.24) is 14.9 Å². The molecule has 1 aromatic carbocycles. The fourth-order valence-electron chi connectivity index (χ4n) is 3.79. The third-order valence-electron chi connectivity index (χ3n) is 5.65. The summed E-state index contributed by atoms with van der Waals surface area (Å²) in [6.45, 7) is 1.11. The third kappa shape index (κ3) is 3.58. The molecule has 2 N–H and O–H groups in total. The Bertz CT molecular complexity index is 1090. The summed E-state index contributed by atoms with van der Waals surface area (Å²) in [6.07, 6.45) is 4.55. The molecule has 0 saturated heterocycles. The zero-order chi connectivity index (χ0) is 20.0. The molecule has 1 fully saturated rings. The molecule has 1 saturated carbocycles. The smallest absolute Gasteiger partial charge is 0.229 e. The van der Waals surface area contributed by atoms with E-state index in [0.29, 0.717) is 36.1 Å². The minimum Gasteiger partial charge on any atom is -0.397 e. The van der Waals surface area contributed by atoms with Gasteiger partial charge >= 0.3 is 0 Å². The number of carbonyl (C=O) groups is 1. The highest BCUT2D eigenvalue weighted by Crippen LogP contribution is 2.40. The van der Waals surface area contributed by atoms with Gasteiger partial charge in [0.2, 0.25) is 5.91 Å². The van der Waals surface area contributed by atoms with Gasteiger partial charge in [-0.25, -0.2) is 4.39 Å². The molecule has 5 nitrogen and oxygen atoms in total. The highest BCUT2D eigenvalue weighted by molar-refractivity contribution is 5.80. The molecule has 1 amide bonds. The molecule has 0 bridgehead atoms. The van der Waals surface area contributed by atoms with Gasteiger partial charge in [-0.1, -0.05) is 6.07 Å². The lowest BCUT2D eigenvalue weighted by Crippen LogP contribution is -2.27. The summed E-state index contributed by atoms with van der Waals surface area (Å²) in [6, 6.07) is 11.8. The molecule has 0 unspecified atom stereocenters. The van der Waals surface area contributed by atoms with Crippen LogP contribution in [0.25, 0.3) is 11.3 Å². The maximum absolute atomic E-state index is 13.2. The van der Waals surface area contributed by atoms with Gasteiger partial charge in [-0.05, 0) is 66.3 Å². The molecule has 146 valence electrons. The molecule has 0 radical (unpaired) electrons. The van der Waals surface area contributed by atoms with Crippen molar-refractivity contribution < 1.29 is 9.18 Å². The minimum atomic E-state index is -0.299. The van der Waals surface area contributed by atoms with Gasteiger partial charge in [-0.3, -0.25) is 14.8 Å². The Kier molecular flexibility index (Phi) is 4.27. The maximum Gasteiger partial charge on any atom is 0.229 e. The minimum absolute atomic E-state index is 0.0218. The molecule has 1 aliphatic carbocycles. The summed E-state index contributed by atoms with van der Waals surface area (Å²) in [5, 5.41) is 0. The van der Waals surface area contributed by atoms with Crippen molar-refractivity contribution >= 4 is 11.6 Å². The second-order valence-electron chi connectivity index (χ2n) is 7.81. The first-order valence-electron chi connectivity index (χ1n) is 9.83. The molecule has 5 rings (SSSR count). The van der Waals surface area contributed by atoms with Gasteiger partial charge in [0.25, 0.3) is 0 Å². The fraction of sp³-hybridized carbons (Fsp3) is 0.261. The number of nitrogens with two attached hydrogens (primary N) is 1. The predicted molar refractivity (Wildman–Crippen MR) is 108 cm³/mol. The predicted octanol–water partition coefficient (Wildman–Crippen LogP) is 3.83. The van der Waals surface area contributed by atoms with Gasteiger partial charge in [0.05, 0.1) is 35.7 Å². The number of rotatable bonds is 4. The number of anilines is 1. The summed E-state index contributed by atoms with van der Waals surface area (Å²) in [4.78, 5) is 23.9. The van der Waals surface area contributed by atoms with Crippen molar-refractivity contribution in [2.45, 2.75) is 38.3 Å². The van der Waals surface area contributed by atoms with Crippen LogP contribution in [0, 0.1) is 5.82 Å². The molecule has 3 heterocycles. The normalized spacial score (nSPS) is 15.4. The third-order valence-corrected chi connectivity index (χ3v) is 5.65. The number of hydrogen-bond donors (Lipinski definition) is 1. The van der Waals surface area contributed by atoms with Crippen molar-refractivity contribution in [2.24, 2.45) is 0 Å². The van der Waals surface area contributed by atoms with Crippen LogP contribution in [0.15, 0.2) is 48.7 Å². The van der Waals surface area contributed by atoms with Crippen LogP contribution in [0.4, 0.5) is 10.1 Å². The Morgan fingerprint density at radius 1 is 1.14 bits per heavy atom. The monoisotopic (exact) mass is 388 g/mol. The number of fused-ring (bicyclic) bond motifs is 1. The zero-order valence-electron chi connectivity index (χ0n) is 15.9. The van der Waals surface area contributed by atoms with Crippen LogP contribution in [0.1, 0.15) is 41.3 Å². The highest BCUT2D eigenvalue weighted by Gasteiger charge is 2.29. The van der Waals surface area contributed by atoms with E-state index in [4.69, 9.17) is 5.73 Å². The molecule has 1 aliphatic heterocycles. The van der Waals surface area contributed by atoms with E-state index < -0.39 is 0 Å². The van der Waals surface area contributed by atoms with E-state index in [-0.39, 0.29) is 18.1 Å². The number of amides is 1. The Labute approximate surface area is 168 Å². The first-order valence-corrected chi connectivity index (χ1v) is 9.83. The Morgan fingerprint density at radius 3 is 2.69 bits per heavy atom. The summed E-state index contributed by atoms with van der Waals surface area (Å²) in [7, 11) is 0. The van der Waals surface area contributed by atoms with E-state index in [2.05, 4.69) is 16.0 Å². The molecular formula is C23H21FN4O. The van der Waals surface area contributed by atoms with Gasteiger partial charge in [0.1, 0.15) is 5.82 Å². The van der Waals surface area contributed by atoms with Crippen LogP contribution in [-0.2, 0) is 24.3 Å². The van der Waals surface area contributed by atoms with Crippen LogP contribution in [0.3, 0.4) is 0 Å². The number of nitrogen functional groups attached to an aromatic ring is 1. The van der Waals surface area contributed by atoms with Gasteiger partial charge in [-0.15, -0.1) is 0 Å². The van der Waals surface area contributed by atoms with Crippen molar-refractivity contribution in [1.29, 1.82) is 0 Å². The second kappa shape index (κ2) is 6.95. The number of carbonyl (C=O) groups excluding carboxylic acids is 1. The highest BCUT2D eigenvalue weighted by atomic mass is 19.1. The van der Waals surface area contributed by atoms with Gasteiger partial charge in [0.15, 0.2) is 0 Å². The number of hydrogen-bond acceptors (Lipinski definition) is 4. The topological polar surface area (TPSA) is 72.1 Å². The largest absolute Gasteiger partial charge is 0.397 e. The van der Waals surface area contributed by atoms with E-state index in [9.17, 15) is 9.18 Å². The van der Waals surface area contributed by atoms with E-state index in [1.165, 1.54) is 30.5 Å². The van der Waals surface area contributed by atoms with E-state index >= 15 is 0 Å². The molecular weight excluding hydrogens is 367 g/mol. The lowest BCUT2D eigenvalue weighted by molar-refractivity contribution is -0.131. The van der Waals surface area contributed by atoms with E-state index in [0.717, 1.165) is 16.8 Å². The zero-order valence-corrected chi connectivity index (χ0v) is 15.9. The quantitative estimate of drug-likeness (QED) is 0.737. The summed E-state index contributed by atoms with van der Waals surface area (Å²) >= 11 is 0. The van der Waals surface area contributed by atoms with E-state index in [1.807, 2.05) is 6.20 Å². The Morgan fingerprint density at radius 2 is 1.93 bits per heavy atom. The number of aromatic nitrogens is 2. The summed E-state index contributed by atoms with van der Waals surface area (Å²) in [5.74, 6) is 0.328. The average molecular weight is 388 g/mol. The molecule has 0 spiro atoms. The van der Waals surface area contributed by atoms with Gasteiger partial charge < -0.3 is 10.6 Å². The lowest BCUT2D eigenvalue weighted by atomic mass is 10.1. The molecule has 2 aliphatic rings. The van der Waals surface area contributed by atoms with Crippen molar-refractivity contribution in [2.75, 3.05) is 5.73 Å². The van der Waals surface area contributed by atoms with Gasteiger partial charge in [-0.2, -0.15) is 0 Å². The molecule has 2 aromatic heterocycles. The Hall–Kier alpha value is -3.28. The van der Waals surface area contributed by atoms with Crippen molar-refractivity contribution in [3.8, 4) is 11.3 Å². The first kappa shape index (κ1) is 17.8. The Balaban J connectivity index is 1.33. The number of halogens is 1. The SMILES string of the molecule is Nc1ccc(-c2ccc(F)cc2)nc1CC(=O)N1Cc2cc(C3CC3)cnc2C1. The molecule has 29 heavy (non-hydrogen) atoms. The average Bonchev–Trinajstić information content (AvgIpc) is 3.48. The van der Waals surface area contributed by atoms with Crippen molar-refractivity contribution in [3.63, 3.8) is 0 Å². The van der Waals surface area contributed by atoms with Crippen LogP contribution in [0.2, 0.25) is 0 Å². The fourth-order valence-corrected chi connectivity index (χ4v) is 3.79. The van der Waals surface area contributed by atoms with Crippen LogP contribution >= 0.6 is 0 Å². The second-order valence-corrected chi connectivity index (χ2v) is 7.81. The molecule has 0 atom stereocenters. The van der Waals surface area contributed by atoms with E-state index in [1.54, 1.807) is 29.2 Å². The van der Waals surface area contributed by atoms with Crippen molar-refractivity contribution in [3.05, 3.63) is 77.0 Å². The number of nitrogens with zero attached hydrogens (tertiary/aromatic N) is 3. The number of pyridine rings is 2. The lowest BCUT2D eigenvalue weighted by Gasteiger charge is -2.16. The van der Waals surface area contributed by atoms with Crippen LogP contribution < -0.4 is 5.73 Å². The standard InChI is InChI=1S/C23H21FN4O/c24-18-5-3-15(4-6-18)20-8-7-19(25)21(27-20)10-23(29)28-12-17-9-16(14-1-2-14)11-26-22(17)13-28/h3-9,11,14H,1-2,10,12-13,25H2. The molecule has 6 heteroatoms. The summed E-state index contributed by atoms with van der Waals surface area (Å²) in [5.41, 5.74) is 12.0. The number of benzene rings is 1. The first-order chi connectivity index (χ1) is 14.1. The van der Waals surface area contributed by atoms with Crippen LogP contribution in [-0.4, -0.2) is 20.8 Å². The van der Waals surface area contributed by atoms with Crippen LogP contribution in [0.5, 0.6) is 0 Å². The van der Waals surface area contributed by atoms with Gasteiger partial charge in [0, 0.05) is 18.3 Å². The molecule has 3 aromatic rings.